The van der Waals surface area contributed by atoms with Crippen LogP contribution in [0.2, 0.25) is 5.04 Å². The molecule has 0 aliphatic rings. The van der Waals surface area contributed by atoms with Crippen molar-refractivity contribution in [2.75, 3.05) is 4.34 Å². The SMILES string of the molecule is CC(C)(C)[SiH2]OC(C)(C)c1ccccc1NBr. The van der Waals surface area contributed by atoms with Crippen molar-refractivity contribution in [1.82, 2.24) is 0 Å². The molecular formula is C13H22BrNOSi. The fraction of sp³-hybridized carbons (Fsp3) is 0.538. The Morgan fingerprint density at radius 2 is 1.71 bits per heavy atom. The predicted molar refractivity (Wildman–Crippen MR) is 81.4 cm³/mol. The Balaban J connectivity index is 2.88. The maximum atomic E-state index is 6.20. The maximum Gasteiger partial charge on any atom is 0.168 e. The molecule has 0 aliphatic heterocycles. The topological polar surface area (TPSA) is 21.3 Å². The molecule has 0 aromatic heterocycles. The minimum absolute atomic E-state index is 0.239. The summed E-state index contributed by atoms with van der Waals surface area (Å²) in [4.78, 5) is 0. The Hall–Kier alpha value is -0.323. The summed E-state index contributed by atoms with van der Waals surface area (Å²) in [5, 5.41) is 0.314. The van der Waals surface area contributed by atoms with E-state index in [2.05, 4.69) is 61.2 Å². The van der Waals surface area contributed by atoms with Gasteiger partial charge in [-0.3, -0.25) is 0 Å². The lowest BCUT2D eigenvalue weighted by Crippen LogP contribution is -2.28. The third-order valence-corrected chi connectivity index (χ3v) is 4.70. The molecule has 1 aromatic carbocycles. The molecule has 0 spiro atoms. The molecule has 96 valence electrons. The highest BCUT2D eigenvalue weighted by molar-refractivity contribution is 9.10. The van der Waals surface area contributed by atoms with Crippen LogP contribution in [-0.4, -0.2) is 9.76 Å². The second-order valence-corrected chi connectivity index (χ2v) is 9.09. The Morgan fingerprint density at radius 1 is 1.12 bits per heavy atom. The van der Waals surface area contributed by atoms with Crippen LogP contribution in [0, 0.1) is 0 Å². The highest BCUT2D eigenvalue weighted by atomic mass is 79.9. The van der Waals surface area contributed by atoms with Gasteiger partial charge in [0.15, 0.2) is 9.76 Å². The minimum atomic E-state index is -0.565. The molecule has 4 heteroatoms. The molecule has 0 unspecified atom stereocenters. The lowest BCUT2D eigenvalue weighted by molar-refractivity contribution is 0.110. The molecule has 0 fully saturated rings. The monoisotopic (exact) mass is 315 g/mol. The number of halogens is 1. The summed E-state index contributed by atoms with van der Waals surface area (Å²) in [7, 11) is -0.565. The predicted octanol–water partition coefficient (Wildman–Crippen LogP) is 3.96. The molecule has 0 aliphatic carbocycles. The molecule has 0 radical (unpaired) electrons. The van der Waals surface area contributed by atoms with E-state index in [1.165, 1.54) is 5.56 Å². The summed E-state index contributed by atoms with van der Waals surface area (Å²) in [5.41, 5.74) is 2.02. The van der Waals surface area contributed by atoms with Crippen molar-refractivity contribution < 1.29 is 4.43 Å². The Labute approximate surface area is 115 Å². The zero-order chi connectivity index (χ0) is 13.1. The number of nitrogens with one attached hydrogen (secondary N) is 1. The molecule has 0 amide bonds. The molecule has 17 heavy (non-hydrogen) atoms. The number of hydrogen-bond acceptors (Lipinski definition) is 2. The molecule has 1 rings (SSSR count). The summed E-state index contributed by atoms with van der Waals surface area (Å²) in [6, 6.07) is 8.23. The van der Waals surface area contributed by atoms with E-state index in [-0.39, 0.29) is 5.60 Å². The van der Waals surface area contributed by atoms with Gasteiger partial charge in [-0.15, -0.1) is 0 Å². The fourth-order valence-electron chi connectivity index (χ4n) is 1.57. The Kier molecular flexibility index (Phi) is 4.81. The van der Waals surface area contributed by atoms with Crippen LogP contribution >= 0.6 is 16.1 Å². The van der Waals surface area contributed by atoms with E-state index in [0.29, 0.717) is 5.04 Å². The third-order valence-electron chi connectivity index (χ3n) is 2.54. The van der Waals surface area contributed by atoms with Gasteiger partial charge in [-0.25, -0.2) is 0 Å². The van der Waals surface area contributed by atoms with Crippen LogP contribution in [0.3, 0.4) is 0 Å². The number of hydrogen-bond donors (Lipinski definition) is 1. The van der Waals surface area contributed by atoms with E-state index < -0.39 is 9.76 Å². The zero-order valence-corrected chi connectivity index (χ0v) is 14.3. The van der Waals surface area contributed by atoms with Crippen LogP contribution in [0.5, 0.6) is 0 Å². The summed E-state index contributed by atoms with van der Waals surface area (Å²) in [5.74, 6) is 0. The van der Waals surface area contributed by atoms with Gasteiger partial charge in [0.2, 0.25) is 0 Å². The second-order valence-electron chi connectivity index (χ2n) is 6.00. The molecule has 2 nitrogen and oxygen atoms in total. The summed E-state index contributed by atoms with van der Waals surface area (Å²) < 4.78 is 9.25. The van der Waals surface area contributed by atoms with Crippen molar-refractivity contribution in [2.24, 2.45) is 0 Å². The molecular weight excluding hydrogens is 294 g/mol. The maximum absolute atomic E-state index is 6.20. The van der Waals surface area contributed by atoms with Gasteiger partial charge < -0.3 is 8.77 Å². The van der Waals surface area contributed by atoms with Crippen molar-refractivity contribution in [3.63, 3.8) is 0 Å². The lowest BCUT2D eigenvalue weighted by Gasteiger charge is -2.31. The van der Waals surface area contributed by atoms with Crippen LogP contribution in [0.15, 0.2) is 24.3 Å². The fourth-order valence-corrected chi connectivity index (χ4v) is 2.86. The van der Waals surface area contributed by atoms with Crippen LogP contribution in [0.25, 0.3) is 0 Å². The average Bonchev–Trinajstić information content (AvgIpc) is 2.26. The Morgan fingerprint density at radius 3 is 2.24 bits per heavy atom. The lowest BCUT2D eigenvalue weighted by atomic mass is 9.97. The molecule has 0 bridgehead atoms. The first-order valence-corrected chi connectivity index (χ1v) is 7.94. The summed E-state index contributed by atoms with van der Waals surface area (Å²) in [6.07, 6.45) is 0. The van der Waals surface area contributed by atoms with Crippen molar-refractivity contribution in [3.05, 3.63) is 29.8 Å². The van der Waals surface area contributed by atoms with E-state index in [0.717, 1.165) is 5.69 Å². The van der Waals surface area contributed by atoms with Crippen molar-refractivity contribution in [1.29, 1.82) is 0 Å². The van der Waals surface area contributed by atoms with Gasteiger partial charge in [0.05, 0.1) is 11.3 Å². The molecule has 0 heterocycles. The van der Waals surface area contributed by atoms with Crippen LogP contribution in [0.1, 0.15) is 40.2 Å². The first-order valence-electron chi connectivity index (χ1n) is 5.86. The van der Waals surface area contributed by atoms with Crippen molar-refractivity contribution >= 4 is 31.6 Å². The first kappa shape index (κ1) is 14.7. The van der Waals surface area contributed by atoms with Gasteiger partial charge in [-0.2, -0.15) is 0 Å². The normalized spacial score (nSPS) is 13.3. The molecule has 0 atom stereocenters. The van der Waals surface area contributed by atoms with E-state index in [1.54, 1.807) is 0 Å². The summed E-state index contributed by atoms with van der Waals surface area (Å²) in [6.45, 7) is 11.0. The second kappa shape index (κ2) is 5.55. The van der Waals surface area contributed by atoms with E-state index in [9.17, 15) is 0 Å². The van der Waals surface area contributed by atoms with Gasteiger partial charge in [0.1, 0.15) is 0 Å². The number of para-hydroxylation sites is 1. The number of anilines is 1. The largest absolute Gasteiger partial charge is 0.414 e. The van der Waals surface area contributed by atoms with Crippen LogP contribution in [-0.2, 0) is 10.0 Å². The van der Waals surface area contributed by atoms with E-state index in [1.807, 2.05) is 18.2 Å². The average molecular weight is 316 g/mol. The highest BCUT2D eigenvalue weighted by Crippen LogP contribution is 2.33. The van der Waals surface area contributed by atoms with Crippen LogP contribution in [0.4, 0.5) is 5.69 Å². The van der Waals surface area contributed by atoms with E-state index in [4.69, 9.17) is 4.43 Å². The Bertz CT molecular complexity index is 374. The number of benzene rings is 1. The standard InChI is InChI=1S/C13H22BrNOSi/c1-12(2,3)17-16-13(4,5)10-8-6-7-9-11(10)15-14/h6-9,15H,17H2,1-5H3. The highest BCUT2D eigenvalue weighted by Gasteiger charge is 2.26. The summed E-state index contributed by atoms with van der Waals surface area (Å²) >= 11 is 3.30. The molecule has 1 N–H and O–H groups in total. The third kappa shape index (κ3) is 4.45. The minimum Gasteiger partial charge on any atom is -0.414 e. The van der Waals surface area contributed by atoms with Gasteiger partial charge in [-0.1, -0.05) is 39.0 Å². The van der Waals surface area contributed by atoms with Gasteiger partial charge in [0.25, 0.3) is 0 Å². The van der Waals surface area contributed by atoms with Gasteiger partial charge in [-0.05, 0) is 25.0 Å². The van der Waals surface area contributed by atoms with Crippen molar-refractivity contribution in [2.45, 2.75) is 45.3 Å². The van der Waals surface area contributed by atoms with Crippen LogP contribution < -0.4 is 4.34 Å². The van der Waals surface area contributed by atoms with Gasteiger partial charge in [0, 0.05) is 21.7 Å². The molecule has 0 saturated heterocycles. The quantitative estimate of drug-likeness (QED) is 0.670. The zero-order valence-electron chi connectivity index (χ0n) is 11.3. The van der Waals surface area contributed by atoms with Gasteiger partial charge >= 0.3 is 0 Å². The molecule has 1 aromatic rings. The van der Waals surface area contributed by atoms with E-state index >= 15 is 0 Å². The molecule has 0 saturated carbocycles. The smallest absolute Gasteiger partial charge is 0.168 e. The number of rotatable bonds is 4. The first-order chi connectivity index (χ1) is 7.76. The van der Waals surface area contributed by atoms with Crippen molar-refractivity contribution in [3.8, 4) is 0 Å².